The zero-order valence-electron chi connectivity index (χ0n) is 13.8. The minimum Gasteiger partial charge on any atom is -0.493 e. The molecular weight excluding hydrogens is 266 g/mol. The molecular formula is C17H29NO3. The van der Waals surface area contributed by atoms with Crippen LogP contribution in [0.5, 0.6) is 11.5 Å². The molecule has 1 N–H and O–H groups in total. The topological polar surface area (TPSA) is 39.7 Å². The van der Waals surface area contributed by atoms with Crippen molar-refractivity contribution in [3.63, 3.8) is 0 Å². The first-order valence-electron chi connectivity index (χ1n) is 7.88. The lowest BCUT2D eigenvalue weighted by Gasteiger charge is -2.15. The predicted octanol–water partition coefficient (Wildman–Crippen LogP) is 3.39. The van der Waals surface area contributed by atoms with Crippen LogP contribution in [0.2, 0.25) is 0 Å². The van der Waals surface area contributed by atoms with E-state index in [1.807, 2.05) is 26.0 Å². The Morgan fingerprint density at radius 3 is 2.52 bits per heavy atom. The Morgan fingerprint density at radius 2 is 1.86 bits per heavy atom. The van der Waals surface area contributed by atoms with Gasteiger partial charge in [0.1, 0.15) is 18.1 Å². The van der Waals surface area contributed by atoms with Crippen molar-refractivity contribution in [3.05, 3.63) is 23.8 Å². The van der Waals surface area contributed by atoms with Crippen LogP contribution in [-0.4, -0.2) is 32.5 Å². The molecule has 1 aromatic carbocycles. The van der Waals surface area contributed by atoms with Gasteiger partial charge in [-0.15, -0.1) is 0 Å². The smallest absolute Gasteiger partial charge is 0.127 e. The molecule has 21 heavy (non-hydrogen) atoms. The maximum Gasteiger partial charge on any atom is 0.127 e. The minimum absolute atomic E-state index is 0.231. The van der Waals surface area contributed by atoms with Crippen LogP contribution in [0, 0.1) is 0 Å². The molecule has 4 nitrogen and oxygen atoms in total. The molecule has 0 aliphatic carbocycles. The quantitative estimate of drug-likeness (QED) is 0.635. The molecule has 0 saturated heterocycles. The van der Waals surface area contributed by atoms with E-state index in [9.17, 15) is 0 Å². The van der Waals surface area contributed by atoms with Crippen molar-refractivity contribution in [3.8, 4) is 11.5 Å². The fraction of sp³-hybridized carbons (Fsp3) is 0.647. The van der Waals surface area contributed by atoms with Gasteiger partial charge in [-0.1, -0.05) is 19.9 Å². The average molecular weight is 295 g/mol. The lowest BCUT2D eigenvalue weighted by atomic mass is 10.2. The number of hydrogen-bond donors (Lipinski definition) is 1. The van der Waals surface area contributed by atoms with Gasteiger partial charge in [-0.3, -0.25) is 0 Å². The van der Waals surface area contributed by atoms with Gasteiger partial charge in [0.25, 0.3) is 0 Å². The van der Waals surface area contributed by atoms with E-state index in [1.54, 1.807) is 0 Å². The first-order valence-corrected chi connectivity index (χ1v) is 7.88. The summed E-state index contributed by atoms with van der Waals surface area (Å²) >= 11 is 0. The molecule has 120 valence electrons. The van der Waals surface area contributed by atoms with Gasteiger partial charge in [0.05, 0.1) is 19.3 Å². The molecule has 1 aromatic rings. The monoisotopic (exact) mass is 295 g/mol. The SMILES string of the molecule is CCCOc1ccc(CNCC)c(OCCOC(C)C)c1. The Bertz CT molecular complexity index is 394. The van der Waals surface area contributed by atoms with Crippen molar-refractivity contribution in [2.24, 2.45) is 0 Å². The lowest BCUT2D eigenvalue weighted by Crippen LogP contribution is -2.15. The summed E-state index contributed by atoms with van der Waals surface area (Å²) in [5, 5.41) is 3.32. The summed E-state index contributed by atoms with van der Waals surface area (Å²) in [4.78, 5) is 0. The molecule has 0 saturated carbocycles. The highest BCUT2D eigenvalue weighted by Crippen LogP contribution is 2.25. The molecule has 0 heterocycles. The van der Waals surface area contributed by atoms with E-state index in [0.29, 0.717) is 13.2 Å². The van der Waals surface area contributed by atoms with Crippen LogP contribution in [-0.2, 0) is 11.3 Å². The van der Waals surface area contributed by atoms with Gasteiger partial charge in [0, 0.05) is 18.2 Å². The summed E-state index contributed by atoms with van der Waals surface area (Å²) in [7, 11) is 0. The van der Waals surface area contributed by atoms with Crippen molar-refractivity contribution in [1.82, 2.24) is 5.32 Å². The van der Waals surface area contributed by atoms with Crippen molar-refractivity contribution in [2.45, 2.75) is 46.8 Å². The fourth-order valence-corrected chi connectivity index (χ4v) is 1.82. The molecule has 4 heteroatoms. The Labute approximate surface area is 128 Å². The van der Waals surface area contributed by atoms with Gasteiger partial charge in [0.2, 0.25) is 0 Å². The highest BCUT2D eigenvalue weighted by Gasteiger charge is 2.06. The van der Waals surface area contributed by atoms with Crippen LogP contribution in [0.3, 0.4) is 0 Å². The predicted molar refractivity (Wildman–Crippen MR) is 86.2 cm³/mol. The minimum atomic E-state index is 0.231. The second-order valence-corrected chi connectivity index (χ2v) is 5.17. The molecule has 0 unspecified atom stereocenters. The molecule has 0 spiro atoms. The summed E-state index contributed by atoms with van der Waals surface area (Å²) in [6.07, 6.45) is 1.23. The molecule has 0 aliphatic heterocycles. The van der Waals surface area contributed by atoms with E-state index in [0.717, 1.165) is 43.2 Å². The third kappa shape index (κ3) is 7.34. The van der Waals surface area contributed by atoms with Crippen molar-refractivity contribution >= 4 is 0 Å². The summed E-state index contributed by atoms with van der Waals surface area (Å²) in [6, 6.07) is 6.03. The summed E-state index contributed by atoms with van der Waals surface area (Å²) in [5.41, 5.74) is 1.14. The number of nitrogens with one attached hydrogen (secondary N) is 1. The standard InChI is InChI=1S/C17H29NO3/c1-5-9-20-16-8-7-15(13-18-6-2)17(12-16)21-11-10-19-14(3)4/h7-8,12,14,18H,5-6,9-11,13H2,1-4H3. The van der Waals surface area contributed by atoms with Crippen molar-refractivity contribution in [2.75, 3.05) is 26.4 Å². The van der Waals surface area contributed by atoms with Gasteiger partial charge >= 0.3 is 0 Å². The zero-order chi connectivity index (χ0) is 15.5. The molecule has 0 atom stereocenters. The van der Waals surface area contributed by atoms with Crippen LogP contribution in [0.1, 0.15) is 39.7 Å². The van der Waals surface area contributed by atoms with E-state index < -0.39 is 0 Å². The molecule has 0 aromatic heterocycles. The van der Waals surface area contributed by atoms with Crippen molar-refractivity contribution in [1.29, 1.82) is 0 Å². The first kappa shape index (κ1) is 17.8. The molecule has 0 aliphatic rings. The van der Waals surface area contributed by atoms with Gasteiger partial charge in [-0.2, -0.15) is 0 Å². The highest BCUT2D eigenvalue weighted by atomic mass is 16.5. The van der Waals surface area contributed by atoms with Crippen LogP contribution >= 0.6 is 0 Å². The van der Waals surface area contributed by atoms with Crippen LogP contribution in [0.15, 0.2) is 18.2 Å². The van der Waals surface area contributed by atoms with Crippen LogP contribution in [0.25, 0.3) is 0 Å². The Morgan fingerprint density at radius 1 is 1.05 bits per heavy atom. The third-order valence-corrected chi connectivity index (χ3v) is 2.87. The lowest BCUT2D eigenvalue weighted by molar-refractivity contribution is 0.0550. The van der Waals surface area contributed by atoms with Crippen molar-refractivity contribution < 1.29 is 14.2 Å². The summed E-state index contributed by atoms with van der Waals surface area (Å²) in [5.74, 6) is 1.73. The zero-order valence-corrected chi connectivity index (χ0v) is 13.8. The van der Waals surface area contributed by atoms with Gasteiger partial charge in [-0.05, 0) is 32.9 Å². The van der Waals surface area contributed by atoms with Crippen LogP contribution in [0.4, 0.5) is 0 Å². The Hall–Kier alpha value is -1.26. The van der Waals surface area contributed by atoms with E-state index in [2.05, 4.69) is 25.2 Å². The van der Waals surface area contributed by atoms with Crippen LogP contribution < -0.4 is 14.8 Å². The molecule has 0 fully saturated rings. The highest BCUT2D eigenvalue weighted by molar-refractivity contribution is 5.40. The number of benzene rings is 1. The molecule has 1 rings (SSSR count). The maximum absolute atomic E-state index is 5.86. The number of ether oxygens (including phenoxy) is 3. The van der Waals surface area contributed by atoms with Gasteiger partial charge in [-0.25, -0.2) is 0 Å². The van der Waals surface area contributed by atoms with E-state index >= 15 is 0 Å². The second-order valence-electron chi connectivity index (χ2n) is 5.17. The van der Waals surface area contributed by atoms with E-state index in [1.165, 1.54) is 0 Å². The van der Waals surface area contributed by atoms with E-state index in [4.69, 9.17) is 14.2 Å². The third-order valence-electron chi connectivity index (χ3n) is 2.87. The molecule has 0 radical (unpaired) electrons. The van der Waals surface area contributed by atoms with Gasteiger partial charge < -0.3 is 19.5 Å². The Balaban J connectivity index is 2.64. The first-order chi connectivity index (χ1) is 10.2. The number of hydrogen-bond acceptors (Lipinski definition) is 4. The largest absolute Gasteiger partial charge is 0.493 e. The van der Waals surface area contributed by atoms with Gasteiger partial charge in [0.15, 0.2) is 0 Å². The van der Waals surface area contributed by atoms with E-state index in [-0.39, 0.29) is 6.10 Å². The average Bonchev–Trinajstić information content (AvgIpc) is 2.48. The maximum atomic E-state index is 5.86. The summed E-state index contributed by atoms with van der Waals surface area (Å²) in [6.45, 7) is 11.8. The Kier molecular flexibility index (Phi) is 8.87. The molecule has 0 bridgehead atoms. The second kappa shape index (κ2) is 10.5. The normalized spacial score (nSPS) is 10.9. The fourth-order valence-electron chi connectivity index (χ4n) is 1.82. The molecule has 0 amide bonds. The summed E-state index contributed by atoms with van der Waals surface area (Å²) < 4.78 is 17.0. The number of rotatable bonds is 11.